The molecule has 1 aromatic rings. The van der Waals surface area contributed by atoms with Crippen LogP contribution in [-0.2, 0) is 9.47 Å². The molecule has 0 saturated carbocycles. The molecule has 4 heterocycles. The summed E-state index contributed by atoms with van der Waals surface area (Å²) in [5.74, 6) is 0.359. The lowest BCUT2D eigenvalue weighted by atomic mass is 10.0. The van der Waals surface area contributed by atoms with Gasteiger partial charge in [0.25, 0.3) is 5.91 Å². The van der Waals surface area contributed by atoms with E-state index in [1.165, 1.54) is 19.3 Å². The number of aromatic nitrogens is 2. The average molecular weight is 332 g/mol. The van der Waals surface area contributed by atoms with Crippen LogP contribution in [0.1, 0.15) is 42.6 Å². The van der Waals surface area contributed by atoms with Crippen molar-refractivity contribution in [3.63, 3.8) is 0 Å². The van der Waals surface area contributed by atoms with Gasteiger partial charge >= 0.3 is 0 Å². The van der Waals surface area contributed by atoms with E-state index in [0.29, 0.717) is 32.0 Å². The van der Waals surface area contributed by atoms with Crippen molar-refractivity contribution >= 4 is 11.7 Å². The zero-order chi connectivity index (χ0) is 16.4. The second-order valence-electron chi connectivity index (χ2n) is 6.71. The monoisotopic (exact) mass is 332 g/mol. The SMILES string of the molecule is O=C(c1cnc(N2CCCCC2)cn1)N1CCC2(CC1)OCCO2. The number of hydrogen-bond acceptors (Lipinski definition) is 6. The number of nitrogens with zero attached hydrogens (tertiary/aromatic N) is 4. The first-order chi connectivity index (χ1) is 11.8. The van der Waals surface area contributed by atoms with Crippen molar-refractivity contribution in [1.82, 2.24) is 14.9 Å². The number of anilines is 1. The summed E-state index contributed by atoms with van der Waals surface area (Å²) in [6.07, 6.45) is 8.46. The summed E-state index contributed by atoms with van der Waals surface area (Å²) in [4.78, 5) is 25.5. The van der Waals surface area contributed by atoms with E-state index < -0.39 is 5.79 Å². The highest BCUT2D eigenvalue weighted by molar-refractivity contribution is 5.92. The van der Waals surface area contributed by atoms with Crippen LogP contribution in [0, 0.1) is 0 Å². The molecule has 0 aliphatic carbocycles. The van der Waals surface area contributed by atoms with E-state index in [4.69, 9.17) is 9.47 Å². The third-order valence-electron chi connectivity index (χ3n) is 5.16. The summed E-state index contributed by atoms with van der Waals surface area (Å²) in [5.41, 5.74) is 0.417. The van der Waals surface area contributed by atoms with Crippen LogP contribution in [-0.4, -0.2) is 66.0 Å². The molecule has 3 saturated heterocycles. The van der Waals surface area contributed by atoms with Crippen molar-refractivity contribution in [1.29, 1.82) is 0 Å². The largest absolute Gasteiger partial charge is 0.355 e. The molecule has 7 nitrogen and oxygen atoms in total. The van der Waals surface area contributed by atoms with Crippen LogP contribution in [0.3, 0.4) is 0 Å². The normalized spacial score (nSPS) is 23.7. The number of carbonyl (C=O) groups is 1. The fraction of sp³-hybridized carbons (Fsp3) is 0.706. The Kier molecular flexibility index (Phi) is 4.37. The molecule has 1 aromatic heterocycles. The van der Waals surface area contributed by atoms with Crippen LogP contribution in [0.25, 0.3) is 0 Å². The molecule has 3 fully saturated rings. The molecular formula is C17H24N4O3. The van der Waals surface area contributed by atoms with Crippen molar-refractivity contribution in [2.45, 2.75) is 37.9 Å². The summed E-state index contributed by atoms with van der Waals surface area (Å²) in [5, 5.41) is 0. The van der Waals surface area contributed by atoms with Crippen molar-refractivity contribution in [3.05, 3.63) is 18.1 Å². The minimum atomic E-state index is -0.458. The third kappa shape index (κ3) is 3.10. The van der Waals surface area contributed by atoms with Crippen LogP contribution >= 0.6 is 0 Å². The van der Waals surface area contributed by atoms with Gasteiger partial charge in [0.1, 0.15) is 11.5 Å². The molecule has 0 radical (unpaired) electrons. The van der Waals surface area contributed by atoms with Gasteiger partial charge in [0.05, 0.1) is 25.6 Å². The first-order valence-electron chi connectivity index (χ1n) is 8.90. The van der Waals surface area contributed by atoms with Gasteiger partial charge in [-0.15, -0.1) is 0 Å². The molecule has 1 spiro atoms. The maximum absolute atomic E-state index is 12.6. The number of hydrogen-bond donors (Lipinski definition) is 0. The molecule has 130 valence electrons. The van der Waals surface area contributed by atoms with Gasteiger partial charge in [-0.25, -0.2) is 9.97 Å². The van der Waals surface area contributed by atoms with Gasteiger partial charge in [-0.05, 0) is 19.3 Å². The second-order valence-corrected chi connectivity index (χ2v) is 6.71. The summed E-state index contributed by atoms with van der Waals surface area (Å²) in [6.45, 7) is 4.61. The lowest BCUT2D eigenvalue weighted by Crippen LogP contribution is -2.47. The molecule has 7 heteroatoms. The van der Waals surface area contributed by atoms with Crippen LogP contribution in [0.4, 0.5) is 5.82 Å². The Hall–Kier alpha value is -1.73. The highest BCUT2D eigenvalue weighted by Crippen LogP contribution is 2.31. The van der Waals surface area contributed by atoms with E-state index in [1.54, 1.807) is 12.4 Å². The number of ether oxygens (including phenoxy) is 2. The fourth-order valence-corrected chi connectivity index (χ4v) is 3.72. The summed E-state index contributed by atoms with van der Waals surface area (Å²) in [6, 6.07) is 0. The fourth-order valence-electron chi connectivity index (χ4n) is 3.72. The first kappa shape index (κ1) is 15.8. The van der Waals surface area contributed by atoms with E-state index in [9.17, 15) is 4.79 Å². The second kappa shape index (κ2) is 6.64. The van der Waals surface area contributed by atoms with Crippen molar-refractivity contribution in [2.24, 2.45) is 0 Å². The van der Waals surface area contributed by atoms with Crippen molar-refractivity contribution < 1.29 is 14.3 Å². The minimum absolute atomic E-state index is 0.0551. The predicted octanol–water partition coefficient (Wildman–Crippen LogP) is 1.45. The topological polar surface area (TPSA) is 67.8 Å². The molecule has 0 bridgehead atoms. The smallest absolute Gasteiger partial charge is 0.274 e. The van der Waals surface area contributed by atoms with E-state index in [1.807, 2.05) is 4.90 Å². The Bertz CT molecular complexity index is 570. The lowest BCUT2D eigenvalue weighted by molar-refractivity contribution is -0.181. The number of likely N-dealkylation sites (tertiary alicyclic amines) is 1. The molecule has 0 atom stereocenters. The molecular weight excluding hydrogens is 308 g/mol. The van der Waals surface area contributed by atoms with E-state index >= 15 is 0 Å². The average Bonchev–Trinajstić information content (AvgIpc) is 3.11. The Labute approximate surface area is 142 Å². The molecule has 3 aliphatic heterocycles. The van der Waals surface area contributed by atoms with Crippen LogP contribution in [0.15, 0.2) is 12.4 Å². The van der Waals surface area contributed by atoms with Gasteiger partial charge in [0, 0.05) is 39.0 Å². The van der Waals surface area contributed by atoms with Crippen molar-refractivity contribution in [2.75, 3.05) is 44.3 Å². The van der Waals surface area contributed by atoms with E-state index in [2.05, 4.69) is 14.9 Å². The number of rotatable bonds is 2. The summed E-state index contributed by atoms with van der Waals surface area (Å²) < 4.78 is 11.4. The van der Waals surface area contributed by atoms with Gasteiger partial charge in [-0.2, -0.15) is 0 Å². The van der Waals surface area contributed by atoms with Gasteiger partial charge in [-0.3, -0.25) is 4.79 Å². The van der Waals surface area contributed by atoms with Crippen LogP contribution in [0.2, 0.25) is 0 Å². The third-order valence-corrected chi connectivity index (χ3v) is 5.16. The summed E-state index contributed by atoms with van der Waals surface area (Å²) in [7, 11) is 0. The van der Waals surface area contributed by atoms with Crippen LogP contribution in [0.5, 0.6) is 0 Å². The zero-order valence-corrected chi connectivity index (χ0v) is 13.9. The molecule has 24 heavy (non-hydrogen) atoms. The standard InChI is InChI=1S/C17H24N4O3/c22-16(21-8-4-17(5-9-21)23-10-11-24-17)14-12-19-15(13-18-14)20-6-2-1-3-7-20/h12-13H,1-11H2. The Morgan fingerprint density at radius 2 is 1.67 bits per heavy atom. The maximum Gasteiger partial charge on any atom is 0.274 e. The Morgan fingerprint density at radius 3 is 2.29 bits per heavy atom. The number of piperidine rings is 2. The summed E-state index contributed by atoms with van der Waals surface area (Å²) >= 11 is 0. The van der Waals surface area contributed by atoms with E-state index in [-0.39, 0.29) is 5.91 Å². The van der Waals surface area contributed by atoms with Gasteiger partial charge in [0.15, 0.2) is 5.79 Å². The number of carbonyl (C=O) groups excluding carboxylic acids is 1. The molecule has 0 aromatic carbocycles. The number of amides is 1. The van der Waals surface area contributed by atoms with E-state index in [0.717, 1.165) is 31.7 Å². The first-order valence-corrected chi connectivity index (χ1v) is 8.90. The van der Waals surface area contributed by atoms with Crippen LogP contribution < -0.4 is 4.90 Å². The molecule has 4 rings (SSSR count). The lowest BCUT2D eigenvalue weighted by Gasteiger charge is -2.37. The highest BCUT2D eigenvalue weighted by atomic mass is 16.7. The Balaban J connectivity index is 1.37. The maximum atomic E-state index is 12.6. The predicted molar refractivity (Wildman–Crippen MR) is 87.9 cm³/mol. The van der Waals surface area contributed by atoms with Gasteiger partial charge < -0.3 is 19.3 Å². The Morgan fingerprint density at radius 1 is 0.958 bits per heavy atom. The zero-order valence-electron chi connectivity index (χ0n) is 13.9. The highest BCUT2D eigenvalue weighted by Gasteiger charge is 2.41. The molecule has 0 N–H and O–H groups in total. The minimum Gasteiger partial charge on any atom is -0.355 e. The molecule has 1 amide bonds. The van der Waals surface area contributed by atoms with Gasteiger partial charge in [0.2, 0.25) is 0 Å². The molecule has 0 unspecified atom stereocenters. The van der Waals surface area contributed by atoms with Crippen molar-refractivity contribution in [3.8, 4) is 0 Å². The molecule has 3 aliphatic rings. The van der Waals surface area contributed by atoms with Gasteiger partial charge in [-0.1, -0.05) is 0 Å². The quantitative estimate of drug-likeness (QED) is 0.816.